The van der Waals surface area contributed by atoms with Crippen LogP contribution in [-0.2, 0) is 27.3 Å². The molecule has 1 unspecified atom stereocenters. The topological polar surface area (TPSA) is 87.2 Å². The summed E-state index contributed by atoms with van der Waals surface area (Å²) in [6.07, 6.45) is 2.07. The lowest BCUT2D eigenvalue weighted by atomic mass is 10.00. The standard InChI is InChI=1S/C27H32Cl2N2O5/c1-3-11-30(23(16-27(34)35)20-6-7-21(28)22(29)15-20)17-18-5-8-24(19(4-2)14-18)36-13-12-31-25(32)9-10-26(31)33/h5-8,14-15,23H,3-4,9-13,16-17H2,1-2H3,(H,34,35). The number of carboxylic acids is 1. The van der Waals surface area contributed by atoms with Gasteiger partial charge in [0.05, 0.1) is 23.0 Å². The van der Waals surface area contributed by atoms with Crippen LogP contribution in [0.5, 0.6) is 5.75 Å². The molecule has 36 heavy (non-hydrogen) atoms. The summed E-state index contributed by atoms with van der Waals surface area (Å²) in [4.78, 5) is 38.7. The highest BCUT2D eigenvalue weighted by Crippen LogP contribution is 2.32. The Morgan fingerprint density at radius 3 is 2.42 bits per heavy atom. The molecule has 0 saturated carbocycles. The number of hydrogen-bond acceptors (Lipinski definition) is 5. The van der Waals surface area contributed by atoms with E-state index in [1.165, 1.54) is 4.90 Å². The molecule has 1 N–H and O–H groups in total. The Morgan fingerprint density at radius 1 is 1.08 bits per heavy atom. The van der Waals surface area contributed by atoms with Gasteiger partial charge in [0, 0.05) is 25.4 Å². The van der Waals surface area contributed by atoms with Gasteiger partial charge in [-0.15, -0.1) is 0 Å². The van der Waals surface area contributed by atoms with Gasteiger partial charge in [-0.05, 0) is 54.3 Å². The van der Waals surface area contributed by atoms with Gasteiger partial charge in [-0.25, -0.2) is 0 Å². The Kier molecular flexibility index (Phi) is 10.2. The first-order chi connectivity index (χ1) is 17.2. The van der Waals surface area contributed by atoms with Gasteiger partial charge < -0.3 is 9.84 Å². The van der Waals surface area contributed by atoms with Crippen LogP contribution in [0.25, 0.3) is 0 Å². The summed E-state index contributed by atoms with van der Waals surface area (Å²) in [5.41, 5.74) is 2.85. The number of likely N-dealkylation sites (tertiary alicyclic amines) is 1. The quantitative estimate of drug-likeness (QED) is 0.341. The third-order valence-corrected chi connectivity index (χ3v) is 7.01. The first-order valence-electron chi connectivity index (χ1n) is 12.2. The van der Waals surface area contributed by atoms with Gasteiger partial charge in [0.25, 0.3) is 0 Å². The molecule has 1 saturated heterocycles. The molecule has 3 rings (SSSR count). The number of imide groups is 1. The third-order valence-electron chi connectivity index (χ3n) is 6.27. The zero-order chi connectivity index (χ0) is 26.2. The fraction of sp³-hybridized carbons (Fsp3) is 0.444. The molecule has 1 atom stereocenters. The maximum Gasteiger partial charge on any atom is 0.305 e. The van der Waals surface area contributed by atoms with E-state index in [0.29, 0.717) is 28.9 Å². The van der Waals surface area contributed by atoms with Crippen LogP contribution in [0, 0.1) is 0 Å². The number of benzene rings is 2. The van der Waals surface area contributed by atoms with Crippen molar-refractivity contribution in [3.8, 4) is 5.75 Å². The van der Waals surface area contributed by atoms with E-state index in [9.17, 15) is 19.5 Å². The van der Waals surface area contributed by atoms with Crippen molar-refractivity contribution in [1.29, 1.82) is 0 Å². The van der Waals surface area contributed by atoms with Crippen LogP contribution in [0.4, 0.5) is 0 Å². The monoisotopic (exact) mass is 534 g/mol. The van der Waals surface area contributed by atoms with E-state index in [1.807, 2.05) is 25.1 Å². The summed E-state index contributed by atoms with van der Waals surface area (Å²) in [6, 6.07) is 10.8. The first kappa shape index (κ1) is 28.0. The summed E-state index contributed by atoms with van der Waals surface area (Å²) in [5.74, 6) is -0.471. The predicted octanol–water partition coefficient (Wildman–Crippen LogP) is 5.51. The van der Waals surface area contributed by atoms with Crippen molar-refractivity contribution < 1.29 is 24.2 Å². The molecule has 0 spiro atoms. The van der Waals surface area contributed by atoms with Crippen molar-refractivity contribution in [2.45, 2.75) is 58.5 Å². The maximum atomic E-state index is 11.8. The third kappa shape index (κ3) is 7.21. The molecular weight excluding hydrogens is 503 g/mol. The van der Waals surface area contributed by atoms with Crippen LogP contribution in [0.3, 0.4) is 0 Å². The highest BCUT2D eigenvalue weighted by atomic mass is 35.5. The Bertz CT molecular complexity index is 1090. The average Bonchev–Trinajstić information content (AvgIpc) is 3.17. The van der Waals surface area contributed by atoms with Crippen LogP contribution in [0.1, 0.15) is 62.3 Å². The molecule has 1 heterocycles. The number of aryl methyl sites for hydroxylation is 1. The molecule has 1 aliphatic heterocycles. The number of carbonyl (C=O) groups excluding carboxylic acids is 2. The second kappa shape index (κ2) is 13.1. The van der Waals surface area contributed by atoms with Crippen molar-refractivity contribution in [1.82, 2.24) is 9.80 Å². The van der Waals surface area contributed by atoms with Gasteiger partial charge >= 0.3 is 5.97 Å². The lowest BCUT2D eigenvalue weighted by Crippen LogP contribution is -2.33. The van der Waals surface area contributed by atoms with E-state index in [-0.39, 0.29) is 50.3 Å². The molecule has 7 nitrogen and oxygen atoms in total. The van der Waals surface area contributed by atoms with Gasteiger partial charge in [0.2, 0.25) is 11.8 Å². The van der Waals surface area contributed by atoms with Gasteiger partial charge in [-0.1, -0.05) is 55.2 Å². The Balaban J connectivity index is 1.76. The van der Waals surface area contributed by atoms with Crippen molar-refractivity contribution in [2.24, 2.45) is 0 Å². The van der Waals surface area contributed by atoms with Crippen molar-refractivity contribution >= 4 is 41.0 Å². The van der Waals surface area contributed by atoms with Crippen molar-refractivity contribution in [3.05, 3.63) is 63.1 Å². The number of aliphatic carboxylic acids is 1. The summed E-state index contributed by atoms with van der Waals surface area (Å²) in [7, 11) is 0. The second-order valence-electron chi connectivity index (χ2n) is 8.84. The number of nitrogens with zero attached hydrogens (tertiary/aromatic N) is 2. The SMILES string of the molecule is CCCN(Cc1ccc(OCCN2C(=O)CCC2=O)c(CC)c1)C(CC(=O)O)c1ccc(Cl)c(Cl)c1. The molecule has 0 aromatic heterocycles. The highest BCUT2D eigenvalue weighted by Gasteiger charge is 2.28. The van der Waals surface area contributed by atoms with Crippen LogP contribution < -0.4 is 4.74 Å². The van der Waals surface area contributed by atoms with E-state index in [0.717, 1.165) is 29.5 Å². The molecule has 0 aliphatic carbocycles. The number of rotatable bonds is 13. The van der Waals surface area contributed by atoms with Gasteiger partial charge in [-0.3, -0.25) is 24.2 Å². The lowest BCUT2D eigenvalue weighted by Gasteiger charge is -2.31. The zero-order valence-corrected chi connectivity index (χ0v) is 22.1. The number of halogens is 2. The minimum Gasteiger partial charge on any atom is -0.491 e. The van der Waals surface area contributed by atoms with Crippen LogP contribution >= 0.6 is 23.2 Å². The Hall–Kier alpha value is -2.61. The summed E-state index contributed by atoms with van der Waals surface area (Å²) in [6.45, 7) is 5.83. The number of hydrogen-bond donors (Lipinski definition) is 1. The van der Waals surface area contributed by atoms with Gasteiger partial charge in [0.1, 0.15) is 12.4 Å². The summed E-state index contributed by atoms with van der Waals surface area (Å²) < 4.78 is 5.92. The van der Waals surface area contributed by atoms with Crippen molar-refractivity contribution in [3.63, 3.8) is 0 Å². The normalized spacial score (nSPS) is 14.5. The van der Waals surface area contributed by atoms with E-state index in [1.54, 1.807) is 12.1 Å². The highest BCUT2D eigenvalue weighted by molar-refractivity contribution is 6.42. The molecule has 9 heteroatoms. The molecule has 1 aliphatic rings. The molecule has 0 bridgehead atoms. The lowest BCUT2D eigenvalue weighted by molar-refractivity contribution is -0.140. The molecule has 194 valence electrons. The molecule has 2 amide bonds. The number of carbonyl (C=O) groups is 3. The Morgan fingerprint density at radius 2 is 1.81 bits per heavy atom. The Labute approximate surface area is 221 Å². The fourth-order valence-corrected chi connectivity index (χ4v) is 4.78. The molecule has 2 aromatic rings. The minimum atomic E-state index is -0.889. The summed E-state index contributed by atoms with van der Waals surface area (Å²) >= 11 is 12.3. The number of amides is 2. The maximum absolute atomic E-state index is 11.8. The largest absolute Gasteiger partial charge is 0.491 e. The van der Waals surface area contributed by atoms with E-state index >= 15 is 0 Å². The van der Waals surface area contributed by atoms with E-state index in [2.05, 4.69) is 17.9 Å². The van der Waals surface area contributed by atoms with Gasteiger partial charge in [-0.2, -0.15) is 0 Å². The van der Waals surface area contributed by atoms with Crippen LogP contribution in [-0.4, -0.2) is 52.4 Å². The van der Waals surface area contributed by atoms with Crippen molar-refractivity contribution in [2.75, 3.05) is 19.7 Å². The molecular formula is C27H32Cl2N2O5. The van der Waals surface area contributed by atoms with Crippen LogP contribution in [0.15, 0.2) is 36.4 Å². The fourth-order valence-electron chi connectivity index (χ4n) is 4.48. The van der Waals surface area contributed by atoms with Gasteiger partial charge in [0.15, 0.2) is 0 Å². The average molecular weight is 535 g/mol. The number of carboxylic acid groups (broad SMARTS) is 1. The second-order valence-corrected chi connectivity index (χ2v) is 9.66. The molecule has 0 radical (unpaired) electrons. The van der Waals surface area contributed by atoms with E-state index < -0.39 is 5.97 Å². The van der Waals surface area contributed by atoms with Crippen LogP contribution in [0.2, 0.25) is 10.0 Å². The molecule has 1 fully saturated rings. The van der Waals surface area contributed by atoms with E-state index in [4.69, 9.17) is 27.9 Å². The molecule has 2 aromatic carbocycles. The first-order valence-corrected chi connectivity index (χ1v) is 13.0. The smallest absolute Gasteiger partial charge is 0.305 e. The summed E-state index contributed by atoms with van der Waals surface area (Å²) in [5, 5.41) is 10.4. The minimum absolute atomic E-state index is 0.0618. The number of ether oxygens (including phenoxy) is 1. The zero-order valence-electron chi connectivity index (χ0n) is 20.6. The predicted molar refractivity (Wildman–Crippen MR) is 139 cm³/mol.